The lowest BCUT2D eigenvalue weighted by Gasteiger charge is -2.05. The Hall–Kier alpha value is -1.11. The Morgan fingerprint density at radius 2 is 2.27 bits per heavy atom. The summed E-state index contributed by atoms with van der Waals surface area (Å²) in [5.74, 6) is 0.756. The van der Waals surface area contributed by atoms with Gasteiger partial charge in [0, 0.05) is 6.42 Å². The lowest BCUT2D eigenvalue weighted by atomic mass is 10.2. The molecule has 0 bridgehead atoms. The number of nitrogens with one attached hydrogen (secondary N) is 1. The molecule has 5 nitrogen and oxygen atoms in total. The molecule has 1 aliphatic heterocycles. The molecular formula is C9H11NO4S. The molecule has 0 saturated carbocycles. The van der Waals surface area contributed by atoms with Gasteiger partial charge in [-0.3, -0.25) is 4.84 Å². The largest absolute Gasteiger partial charge is 0.493 e. The highest BCUT2D eigenvalue weighted by molar-refractivity contribution is 7.89. The predicted molar refractivity (Wildman–Crippen MR) is 53.0 cm³/mol. The molecule has 15 heavy (non-hydrogen) atoms. The standard InChI is InChI=1S/C9H11NO4S/c1-13-10-15(11,12)8-2-3-9-7(6-8)4-5-14-9/h2-3,6,10H,4-5H2,1H3. The zero-order chi connectivity index (χ0) is 10.9. The number of rotatable bonds is 3. The first-order valence-corrected chi connectivity index (χ1v) is 5.92. The lowest BCUT2D eigenvalue weighted by Crippen LogP contribution is -2.22. The van der Waals surface area contributed by atoms with E-state index in [2.05, 4.69) is 4.84 Å². The number of benzene rings is 1. The van der Waals surface area contributed by atoms with Crippen molar-refractivity contribution in [1.82, 2.24) is 4.89 Å². The zero-order valence-corrected chi connectivity index (χ0v) is 9.00. The average Bonchev–Trinajstić information content (AvgIpc) is 2.63. The van der Waals surface area contributed by atoms with Crippen LogP contribution in [-0.2, 0) is 21.3 Å². The fourth-order valence-electron chi connectivity index (χ4n) is 1.49. The van der Waals surface area contributed by atoms with Crippen molar-refractivity contribution in [1.29, 1.82) is 0 Å². The van der Waals surface area contributed by atoms with Crippen molar-refractivity contribution in [2.24, 2.45) is 0 Å². The highest BCUT2D eigenvalue weighted by Gasteiger charge is 2.18. The van der Waals surface area contributed by atoms with E-state index in [9.17, 15) is 8.42 Å². The van der Waals surface area contributed by atoms with Gasteiger partial charge in [-0.1, -0.05) is 4.89 Å². The third kappa shape index (κ3) is 1.97. The summed E-state index contributed by atoms with van der Waals surface area (Å²) in [7, 11) is -2.30. The van der Waals surface area contributed by atoms with Crippen molar-refractivity contribution in [3.63, 3.8) is 0 Å². The SMILES string of the molecule is CONS(=O)(=O)c1ccc2c(c1)CCO2. The van der Waals surface area contributed by atoms with E-state index in [1.165, 1.54) is 13.2 Å². The van der Waals surface area contributed by atoms with Crippen LogP contribution in [0.15, 0.2) is 23.1 Å². The first kappa shape index (κ1) is 10.4. The normalized spacial score (nSPS) is 14.7. The molecule has 1 aromatic carbocycles. The van der Waals surface area contributed by atoms with Gasteiger partial charge in [-0.25, -0.2) is 8.42 Å². The van der Waals surface area contributed by atoms with Crippen LogP contribution in [0, 0.1) is 0 Å². The van der Waals surface area contributed by atoms with Gasteiger partial charge in [0.1, 0.15) is 5.75 Å². The van der Waals surface area contributed by atoms with Crippen LogP contribution >= 0.6 is 0 Å². The van der Waals surface area contributed by atoms with E-state index in [1.807, 2.05) is 4.89 Å². The third-order valence-electron chi connectivity index (χ3n) is 2.16. The van der Waals surface area contributed by atoms with Gasteiger partial charge in [0.2, 0.25) is 0 Å². The van der Waals surface area contributed by atoms with Crippen molar-refractivity contribution in [3.8, 4) is 5.75 Å². The molecule has 0 aromatic heterocycles. The molecule has 0 aliphatic carbocycles. The smallest absolute Gasteiger partial charge is 0.262 e. The van der Waals surface area contributed by atoms with Crippen LogP contribution in [0.2, 0.25) is 0 Å². The van der Waals surface area contributed by atoms with Crippen LogP contribution in [-0.4, -0.2) is 22.1 Å². The van der Waals surface area contributed by atoms with Crippen molar-refractivity contribution < 1.29 is 18.0 Å². The molecule has 0 fully saturated rings. The summed E-state index contributed by atoms with van der Waals surface area (Å²) < 4.78 is 28.4. The van der Waals surface area contributed by atoms with Crippen molar-refractivity contribution >= 4 is 10.0 Å². The van der Waals surface area contributed by atoms with Crippen LogP contribution in [0.1, 0.15) is 5.56 Å². The number of hydrogen-bond donors (Lipinski definition) is 1. The summed E-state index contributed by atoms with van der Waals surface area (Å²) in [6.45, 7) is 0.608. The van der Waals surface area contributed by atoms with Crippen LogP contribution in [0.4, 0.5) is 0 Å². The summed E-state index contributed by atoms with van der Waals surface area (Å²) in [5.41, 5.74) is 0.911. The molecule has 1 aliphatic rings. The number of ether oxygens (including phenoxy) is 1. The number of sulfonamides is 1. The Labute approximate surface area is 88.0 Å². The maximum absolute atomic E-state index is 11.6. The minimum Gasteiger partial charge on any atom is -0.493 e. The Balaban J connectivity index is 2.38. The highest BCUT2D eigenvalue weighted by Crippen LogP contribution is 2.27. The van der Waals surface area contributed by atoms with Crippen LogP contribution in [0.3, 0.4) is 0 Å². The van der Waals surface area contributed by atoms with Gasteiger partial charge in [0.25, 0.3) is 10.0 Å². The van der Waals surface area contributed by atoms with Crippen LogP contribution in [0.5, 0.6) is 5.75 Å². The molecule has 1 aromatic rings. The summed E-state index contributed by atoms with van der Waals surface area (Å²) in [4.78, 5) is 6.56. The van der Waals surface area contributed by atoms with Crippen LogP contribution in [0.25, 0.3) is 0 Å². The molecule has 1 heterocycles. The average molecular weight is 229 g/mol. The van der Waals surface area contributed by atoms with E-state index in [4.69, 9.17) is 4.74 Å². The van der Waals surface area contributed by atoms with Crippen molar-refractivity contribution in [3.05, 3.63) is 23.8 Å². The Morgan fingerprint density at radius 1 is 1.47 bits per heavy atom. The van der Waals surface area contributed by atoms with Gasteiger partial charge in [-0.05, 0) is 23.8 Å². The van der Waals surface area contributed by atoms with Crippen molar-refractivity contribution in [2.45, 2.75) is 11.3 Å². The lowest BCUT2D eigenvalue weighted by molar-refractivity contribution is 0.153. The molecule has 6 heteroatoms. The molecule has 0 radical (unpaired) electrons. The number of fused-ring (bicyclic) bond motifs is 1. The molecule has 0 spiro atoms. The van der Waals surface area contributed by atoms with E-state index < -0.39 is 10.0 Å². The third-order valence-corrected chi connectivity index (χ3v) is 3.42. The molecule has 0 amide bonds. The predicted octanol–water partition coefficient (Wildman–Crippen LogP) is 0.461. The van der Waals surface area contributed by atoms with E-state index >= 15 is 0 Å². The van der Waals surface area contributed by atoms with Crippen molar-refractivity contribution in [2.75, 3.05) is 13.7 Å². The first-order valence-electron chi connectivity index (χ1n) is 4.44. The summed E-state index contributed by atoms with van der Waals surface area (Å²) in [5, 5.41) is 0. The quantitative estimate of drug-likeness (QED) is 0.765. The van der Waals surface area contributed by atoms with E-state index in [1.54, 1.807) is 12.1 Å². The monoisotopic (exact) mass is 229 g/mol. The topological polar surface area (TPSA) is 64.6 Å². The van der Waals surface area contributed by atoms with Gasteiger partial charge in [0.05, 0.1) is 18.6 Å². The summed E-state index contributed by atoms with van der Waals surface area (Å²) in [6, 6.07) is 4.75. The summed E-state index contributed by atoms with van der Waals surface area (Å²) >= 11 is 0. The molecule has 0 saturated heterocycles. The molecule has 0 unspecified atom stereocenters. The van der Waals surface area contributed by atoms with Gasteiger partial charge in [-0.2, -0.15) is 0 Å². The second kappa shape index (κ2) is 3.80. The number of hydrogen-bond acceptors (Lipinski definition) is 4. The van der Waals surface area contributed by atoms with E-state index in [0.717, 1.165) is 17.7 Å². The second-order valence-electron chi connectivity index (χ2n) is 3.16. The zero-order valence-electron chi connectivity index (χ0n) is 8.19. The molecular weight excluding hydrogens is 218 g/mol. The Morgan fingerprint density at radius 3 is 3.00 bits per heavy atom. The molecule has 82 valence electrons. The Kier molecular flexibility index (Phi) is 2.64. The highest BCUT2D eigenvalue weighted by atomic mass is 32.2. The second-order valence-corrected chi connectivity index (χ2v) is 4.80. The van der Waals surface area contributed by atoms with E-state index in [-0.39, 0.29) is 4.90 Å². The minimum absolute atomic E-state index is 0.189. The van der Waals surface area contributed by atoms with Crippen LogP contribution < -0.4 is 9.62 Å². The summed E-state index contributed by atoms with van der Waals surface area (Å²) in [6.07, 6.45) is 0.742. The molecule has 0 atom stereocenters. The first-order chi connectivity index (χ1) is 7.13. The van der Waals surface area contributed by atoms with Gasteiger partial charge < -0.3 is 4.74 Å². The minimum atomic E-state index is -3.56. The molecule has 2 rings (SSSR count). The van der Waals surface area contributed by atoms with Gasteiger partial charge in [0.15, 0.2) is 0 Å². The van der Waals surface area contributed by atoms with E-state index in [0.29, 0.717) is 6.61 Å². The molecule has 1 N–H and O–H groups in total. The Bertz CT molecular complexity index is 469. The maximum Gasteiger partial charge on any atom is 0.262 e. The van der Waals surface area contributed by atoms with Gasteiger partial charge >= 0.3 is 0 Å². The fraction of sp³-hybridized carbons (Fsp3) is 0.333. The fourth-order valence-corrected chi connectivity index (χ4v) is 2.35. The maximum atomic E-state index is 11.6. The van der Waals surface area contributed by atoms with Gasteiger partial charge in [-0.15, -0.1) is 0 Å².